The predicted octanol–water partition coefficient (Wildman–Crippen LogP) is 0.339. The SMILES string of the molecule is O=C(COc1ccc2[nH]c(=O)ccc2c1)N1CCNCC1. The third kappa shape index (κ3) is 3.22. The van der Waals surface area contributed by atoms with E-state index in [1.807, 2.05) is 6.07 Å². The maximum absolute atomic E-state index is 12.0. The van der Waals surface area contributed by atoms with Gasteiger partial charge in [-0.15, -0.1) is 0 Å². The van der Waals surface area contributed by atoms with E-state index in [2.05, 4.69) is 10.3 Å². The Morgan fingerprint density at radius 3 is 2.81 bits per heavy atom. The van der Waals surface area contributed by atoms with E-state index in [1.165, 1.54) is 6.07 Å². The number of hydrogen-bond acceptors (Lipinski definition) is 4. The number of amides is 1. The van der Waals surface area contributed by atoms with Gasteiger partial charge >= 0.3 is 0 Å². The number of rotatable bonds is 3. The number of pyridine rings is 1. The van der Waals surface area contributed by atoms with Crippen molar-refractivity contribution in [1.82, 2.24) is 15.2 Å². The Bertz CT molecular complexity index is 705. The Morgan fingerprint density at radius 2 is 2.00 bits per heavy atom. The molecule has 2 heterocycles. The summed E-state index contributed by atoms with van der Waals surface area (Å²) >= 11 is 0. The lowest BCUT2D eigenvalue weighted by molar-refractivity contribution is -0.133. The van der Waals surface area contributed by atoms with E-state index in [1.54, 1.807) is 23.1 Å². The summed E-state index contributed by atoms with van der Waals surface area (Å²) in [5, 5.41) is 4.08. The normalized spacial score (nSPS) is 15.1. The van der Waals surface area contributed by atoms with E-state index in [4.69, 9.17) is 4.74 Å². The lowest BCUT2D eigenvalue weighted by atomic mass is 10.2. The first kappa shape index (κ1) is 13.6. The van der Waals surface area contributed by atoms with Crippen LogP contribution in [0.1, 0.15) is 0 Å². The fourth-order valence-electron chi connectivity index (χ4n) is 2.37. The van der Waals surface area contributed by atoms with Gasteiger partial charge in [-0.05, 0) is 24.3 Å². The Hall–Kier alpha value is -2.34. The van der Waals surface area contributed by atoms with Crippen molar-refractivity contribution in [3.63, 3.8) is 0 Å². The third-order valence-corrected chi connectivity index (χ3v) is 3.53. The van der Waals surface area contributed by atoms with Crippen molar-refractivity contribution >= 4 is 16.8 Å². The molecular formula is C15H17N3O3. The highest BCUT2D eigenvalue weighted by Gasteiger charge is 2.16. The number of aromatic nitrogens is 1. The molecule has 0 saturated carbocycles. The van der Waals surface area contributed by atoms with Crippen LogP contribution in [0.2, 0.25) is 0 Å². The van der Waals surface area contributed by atoms with Gasteiger partial charge in [-0.2, -0.15) is 0 Å². The monoisotopic (exact) mass is 287 g/mol. The molecule has 2 N–H and O–H groups in total. The minimum atomic E-state index is -0.134. The van der Waals surface area contributed by atoms with Crippen LogP contribution in [0.3, 0.4) is 0 Å². The van der Waals surface area contributed by atoms with Crippen LogP contribution in [0.25, 0.3) is 10.9 Å². The first-order chi connectivity index (χ1) is 10.2. The van der Waals surface area contributed by atoms with Crippen LogP contribution in [-0.4, -0.2) is 48.6 Å². The van der Waals surface area contributed by atoms with Crippen LogP contribution in [0.5, 0.6) is 5.75 Å². The minimum Gasteiger partial charge on any atom is -0.484 e. The van der Waals surface area contributed by atoms with Crippen molar-refractivity contribution in [2.24, 2.45) is 0 Å². The van der Waals surface area contributed by atoms with Crippen LogP contribution in [-0.2, 0) is 4.79 Å². The van der Waals surface area contributed by atoms with Crippen LogP contribution in [0.15, 0.2) is 35.1 Å². The molecule has 6 nitrogen and oxygen atoms in total. The second-order valence-electron chi connectivity index (χ2n) is 4.99. The summed E-state index contributed by atoms with van der Waals surface area (Å²) in [6.07, 6.45) is 0. The molecule has 0 radical (unpaired) electrons. The van der Waals surface area contributed by atoms with Gasteiger partial charge in [0, 0.05) is 43.1 Å². The van der Waals surface area contributed by atoms with Crippen molar-refractivity contribution in [2.45, 2.75) is 0 Å². The van der Waals surface area contributed by atoms with Crippen LogP contribution in [0.4, 0.5) is 0 Å². The summed E-state index contributed by atoms with van der Waals surface area (Å²) in [5.74, 6) is 0.621. The van der Waals surface area contributed by atoms with Crippen molar-refractivity contribution in [3.8, 4) is 5.75 Å². The van der Waals surface area contributed by atoms with E-state index in [0.717, 1.165) is 37.1 Å². The molecule has 0 bridgehead atoms. The first-order valence-corrected chi connectivity index (χ1v) is 6.97. The molecule has 0 aliphatic carbocycles. The highest BCUT2D eigenvalue weighted by atomic mass is 16.5. The fourth-order valence-corrected chi connectivity index (χ4v) is 2.37. The average Bonchev–Trinajstić information content (AvgIpc) is 2.53. The fraction of sp³-hybridized carbons (Fsp3) is 0.333. The number of benzene rings is 1. The molecule has 1 aliphatic heterocycles. The van der Waals surface area contributed by atoms with Gasteiger partial charge in [0.1, 0.15) is 5.75 Å². The molecule has 2 aromatic rings. The number of fused-ring (bicyclic) bond motifs is 1. The molecule has 1 saturated heterocycles. The lowest BCUT2D eigenvalue weighted by Gasteiger charge is -2.27. The molecule has 1 amide bonds. The van der Waals surface area contributed by atoms with Gasteiger partial charge < -0.3 is 19.9 Å². The highest BCUT2D eigenvalue weighted by Crippen LogP contribution is 2.18. The van der Waals surface area contributed by atoms with Gasteiger partial charge in [0.25, 0.3) is 5.91 Å². The number of nitrogens with one attached hydrogen (secondary N) is 2. The van der Waals surface area contributed by atoms with Gasteiger partial charge in [0.2, 0.25) is 5.56 Å². The standard InChI is InChI=1S/C15H17N3O3/c19-14-4-1-11-9-12(2-3-13(11)17-14)21-10-15(20)18-7-5-16-6-8-18/h1-4,9,16H,5-8,10H2,(H,17,19). The molecule has 0 unspecified atom stereocenters. The van der Waals surface area contributed by atoms with Crippen LogP contribution in [0, 0.1) is 0 Å². The minimum absolute atomic E-state index is 0.00179. The molecule has 1 aliphatic rings. The average molecular weight is 287 g/mol. The molecule has 110 valence electrons. The molecule has 0 spiro atoms. The third-order valence-electron chi connectivity index (χ3n) is 3.53. The molecular weight excluding hydrogens is 270 g/mol. The molecule has 1 aromatic carbocycles. The molecule has 1 aromatic heterocycles. The topological polar surface area (TPSA) is 74.4 Å². The summed E-state index contributed by atoms with van der Waals surface area (Å²) in [6, 6.07) is 8.55. The highest BCUT2D eigenvalue weighted by molar-refractivity contribution is 5.80. The van der Waals surface area contributed by atoms with Gasteiger partial charge in [-0.3, -0.25) is 9.59 Å². The van der Waals surface area contributed by atoms with Gasteiger partial charge in [0.15, 0.2) is 6.61 Å². The van der Waals surface area contributed by atoms with Gasteiger partial charge in [-0.25, -0.2) is 0 Å². The summed E-state index contributed by atoms with van der Waals surface area (Å²) in [4.78, 5) is 27.8. The summed E-state index contributed by atoms with van der Waals surface area (Å²) in [7, 11) is 0. The van der Waals surface area contributed by atoms with E-state index < -0.39 is 0 Å². The quantitative estimate of drug-likeness (QED) is 0.853. The first-order valence-electron chi connectivity index (χ1n) is 6.97. The Kier molecular flexibility index (Phi) is 3.87. The molecule has 0 atom stereocenters. The van der Waals surface area contributed by atoms with Crippen molar-refractivity contribution in [3.05, 3.63) is 40.7 Å². The number of carbonyl (C=O) groups excluding carboxylic acids is 1. The van der Waals surface area contributed by atoms with Gasteiger partial charge in [-0.1, -0.05) is 0 Å². The van der Waals surface area contributed by atoms with E-state index in [-0.39, 0.29) is 18.1 Å². The second-order valence-corrected chi connectivity index (χ2v) is 4.99. The number of aromatic amines is 1. The number of piperazine rings is 1. The summed E-state index contributed by atoms with van der Waals surface area (Å²) < 4.78 is 5.56. The number of nitrogens with zero attached hydrogens (tertiary/aromatic N) is 1. The van der Waals surface area contributed by atoms with Crippen molar-refractivity contribution in [1.29, 1.82) is 0 Å². The van der Waals surface area contributed by atoms with Crippen molar-refractivity contribution < 1.29 is 9.53 Å². The summed E-state index contributed by atoms with van der Waals surface area (Å²) in [6.45, 7) is 3.14. The number of ether oxygens (including phenoxy) is 1. The molecule has 21 heavy (non-hydrogen) atoms. The van der Waals surface area contributed by atoms with Crippen LogP contribution >= 0.6 is 0 Å². The van der Waals surface area contributed by atoms with Crippen molar-refractivity contribution in [2.75, 3.05) is 32.8 Å². The second kappa shape index (κ2) is 5.97. The lowest BCUT2D eigenvalue weighted by Crippen LogP contribution is -2.47. The number of H-pyrrole nitrogens is 1. The number of carbonyl (C=O) groups is 1. The van der Waals surface area contributed by atoms with E-state index in [0.29, 0.717) is 5.75 Å². The molecule has 6 heteroatoms. The Labute approximate surface area is 121 Å². The smallest absolute Gasteiger partial charge is 0.260 e. The van der Waals surface area contributed by atoms with Crippen LogP contribution < -0.4 is 15.6 Å². The Morgan fingerprint density at radius 1 is 1.19 bits per heavy atom. The Balaban J connectivity index is 1.66. The zero-order chi connectivity index (χ0) is 14.7. The maximum Gasteiger partial charge on any atom is 0.260 e. The summed E-state index contributed by atoms with van der Waals surface area (Å²) in [5.41, 5.74) is 0.619. The maximum atomic E-state index is 12.0. The molecule has 1 fully saturated rings. The van der Waals surface area contributed by atoms with Gasteiger partial charge in [0.05, 0.1) is 0 Å². The predicted molar refractivity (Wildman–Crippen MR) is 79.5 cm³/mol. The zero-order valence-electron chi connectivity index (χ0n) is 11.6. The molecule has 3 rings (SSSR count). The largest absolute Gasteiger partial charge is 0.484 e. The number of hydrogen-bond donors (Lipinski definition) is 2. The van der Waals surface area contributed by atoms with E-state index >= 15 is 0 Å². The van der Waals surface area contributed by atoms with E-state index in [9.17, 15) is 9.59 Å². The zero-order valence-corrected chi connectivity index (χ0v) is 11.6.